The summed E-state index contributed by atoms with van der Waals surface area (Å²) in [6.07, 6.45) is -4.79. The Morgan fingerprint density at radius 1 is 0.952 bits per heavy atom. The molecule has 0 radical (unpaired) electrons. The van der Waals surface area contributed by atoms with Gasteiger partial charge >= 0.3 is 0 Å². The van der Waals surface area contributed by atoms with E-state index in [1.165, 1.54) is 0 Å². The summed E-state index contributed by atoms with van der Waals surface area (Å²) in [7, 11) is 0. The molecule has 11 N–H and O–H groups in total. The lowest BCUT2D eigenvalue weighted by molar-refractivity contribution is -0.268. The van der Waals surface area contributed by atoms with Gasteiger partial charge in [-0.15, -0.1) is 0 Å². The van der Waals surface area contributed by atoms with E-state index in [2.05, 4.69) is 0 Å². The van der Waals surface area contributed by atoms with Gasteiger partial charge in [-0.1, -0.05) is 0 Å². The highest BCUT2D eigenvalue weighted by molar-refractivity contribution is 4.98. The summed E-state index contributed by atoms with van der Waals surface area (Å²) >= 11 is 0. The van der Waals surface area contributed by atoms with Gasteiger partial charge in [0.2, 0.25) is 0 Å². The zero-order valence-corrected chi connectivity index (χ0v) is 11.8. The molecule has 9 heteroatoms. The van der Waals surface area contributed by atoms with Crippen molar-refractivity contribution in [2.75, 3.05) is 6.54 Å². The highest BCUT2D eigenvalue weighted by atomic mass is 16.7. The van der Waals surface area contributed by atoms with Crippen LogP contribution in [-0.4, -0.2) is 76.8 Å². The molecular weight excluding hydrogens is 280 g/mol. The molecule has 2 fully saturated rings. The zero-order valence-electron chi connectivity index (χ0n) is 11.8. The Morgan fingerprint density at radius 3 is 2.24 bits per heavy atom. The van der Waals surface area contributed by atoms with Crippen LogP contribution in [0.3, 0.4) is 0 Å². The second-order valence-corrected chi connectivity index (χ2v) is 5.89. The molecule has 9 nitrogen and oxygen atoms in total. The van der Waals surface area contributed by atoms with Crippen LogP contribution in [0.1, 0.15) is 12.8 Å². The maximum absolute atomic E-state index is 10.1. The monoisotopic (exact) mass is 306 g/mol. The van der Waals surface area contributed by atoms with Crippen LogP contribution in [0.25, 0.3) is 0 Å². The van der Waals surface area contributed by atoms with Crippen LogP contribution in [0.15, 0.2) is 0 Å². The maximum atomic E-state index is 10.1. The minimum Gasteiger partial charge on any atom is -0.390 e. The van der Waals surface area contributed by atoms with Crippen LogP contribution in [0, 0.1) is 0 Å². The first-order valence-electron chi connectivity index (χ1n) is 7.17. The highest BCUT2D eigenvalue weighted by Crippen LogP contribution is 2.26. The van der Waals surface area contributed by atoms with Crippen LogP contribution in [0.2, 0.25) is 0 Å². The SMILES string of the molecule is NC[C@@H]1O[C@@H](O[C@@H]2[C@H](O)[C@H](O)[C@@H](N)C[C@H]2N)[C@@H](N)C[C@H]1O. The third-order valence-electron chi connectivity index (χ3n) is 4.22. The Hall–Kier alpha value is -0.360. The van der Waals surface area contributed by atoms with Gasteiger partial charge in [0, 0.05) is 18.6 Å². The number of nitrogens with two attached hydrogens (primary N) is 4. The Labute approximate surface area is 123 Å². The summed E-state index contributed by atoms with van der Waals surface area (Å²) < 4.78 is 11.2. The summed E-state index contributed by atoms with van der Waals surface area (Å²) in [4.78, 5) is 0. The number of aliphatic hydroxyl groups excluding tert-OH is 3. The molecule has 9 atom stereocenters. The van der Waals surface area contributed by atoms with E-state index in [1.807, 2.05) is 0 Å². The van der Waals surface area contributed by atoms with Crippen molar-refractivity contribution in [1.82, 2.24) is 0 Å². The molecule has 2 aliphatic rings. The zero-order chi connectivity index (χ0) is 15.7. The van der Waals surface area contributed by atoms with Crippen LogP contribution in [0.5, 0.6) is 0 Å². The first-order valence-corrected chi connectivity index (χ1v) is 7.17. The van der Waals surface area contributed by atoms with Gasteiger partial charge in [0.05, 0.1) is 24.4 Å². The van der Waals surface area contributed by atoms with E-state index in [9.17, 15) is 15.3 Å². The van der Waals surface area contributed by atoms with E-state index in [-0.39, 0.29) is 13.0 Å². The van der Waals surface area contributed by atoms with Crippen molar-refractivity contribution in [3.63, 3.8) is 0 Å². The Morgan fingerprint density at radius 2 is 1.62 bits per heavy atom. The third kappa shape index (κ3) is 3.52. The lowest BCUT2D eigenvalue weighted by Gasteiger charge is -2.44. The molecule has 0 aromatic heterocycles. The summed E-state index contributed by atoms with van der Waals surface area (Å²) in [5.41, 5.74) is 23.0. The lowest BCUT2D eigenvalue weighted by atomic mass is 9.84. The molecule has 1 aliphatic heterocycles. The molecule has 1 saturated carbocycles. The molecule has 1 heterocycles. The van der Waals surface area contributed by atoms with Crippen molar-refractivity contribution < 1.29 is 24.8 Å². The quantitative estimate of drug-likeness (QED) is 0.272. The molecule has 0 bridgehead atoms. The third-order valence-corrected chi connectivity index (χ3v) is 4.22. The number of hydrogen-bond donors (Lipinski definition) is 7. The van der Waals surface area contributed by atoms with E-state index in [0.717, 1.165) is 0 Å². The molecule has 0 aromatic rings. The summed E-state index contributed by atoms with van der Waals surface area (Å²) in [6.45, 7) is 0.126. The van der Waals surface area contributed by atoms with Crippen molar-refractivity contribution in [3.05, 3.63) is 0 Å². The van der Waals surface area contributed by atoms with Gasteiger partial charge in [-0.2, -0.15) is 0 Å². The van der Waals surface area contributed by atoms with Crippen molar-refractivity contribution in [2.45, 2.75) is 67.8 Å². The number of hydrogen-bond acceptors (Lipinski definition) is 9. The smallest absolute Gasteiger partial charge is 0.173 e. The Balaban J connectivity index is 2.02. The van der Waals surface area contributed by atoms with Gasteiger partial charge < -0.3 is 47.7 Å². The molecule has 0 spiro atoms. The van der Waals surface area contributed by atoms with E-state index in [1.54, 1.807) is 0 Å². The first-order chi connectivity index (χ1) is 9.85. The fourth-order valence-electron chi connectivity index (χ4n) is 2.88. The second-order valence-electron chi connectivity index (χ2n) is 5.89. The molecular formula is C12H26N4O5. The predicted octanol–water partition coefficient (Wildman–Crippen LogP) is -4.09. The predicted molar refractivity (Wildman–Crippen MR) is 73.8 cm³/mol. The number of rotatable bonds is 3. The Bertz CT molecular complexity index is 350. The summed E-state index contributed by atoms with van der Waals surface area (Å²) in [6, 6.07) is -1.72. The first kappa shape index (κ1) is 17.0. The largest absolute Gasteiger partial charge is 0.390 e. The Kier molecular flexibility index (Phi) is 5.52. The second kappa shape index (κ2) is 6.82. The molecule has 0 unspecified atom stereocenters. The average molecular weight is 306 g/mol. The van der Waals surface area contributed by atoms with E-state index in [4.69, 9.17) is 32.4 Å². The average Bonchev–Trinajstić information content (AvgIpc) is 2.43. The summed E-state index contributed by atoms with van der Waals surface area (Å²) in [5.74, 6) is 0. The van der Waals surface area contributed by atoms with Crippen molar-refractivity contribution in [3.8, 4) is 0 Å². The summed E-state index contributed by atoms with van der Waals surface area (Å²) in [5, 5.41) is 29.7. The van der Waals surface area contributed by atoms with Crippen LogP contribution < -0.4 is 22.9 Å². The minimum absolute atomic E-state index is 0.126. The molecule has 0 amide bonds. The molecule has 2 rings (SSSR count). The van der Waals surface area contributed by atoms with Crippen LogP contribution in [-0.2, 0) is 9.47 Å². The van der Waals surface area contributed by atoms with Gasteiger partial charge in [0.25, 0.3) is 0 Å². The fourth-order valence-corrected chi connectivity index (χ4v) is 2.88. The van der Waals surface area contributed by atoms with Crippen molar-refractivity contribution in [1.29, 1.82) is 0 Å². The number of aliphatic hydroxyl groups is 3. The van der Waals surface area contributed by atoms with Crippen LogP contribution >= 0.6 is 0 Å². The van der Waals surface area contributed by atoms with E-state index >= 15 is 0 Å². The van der Waals surface area contributed by atoms with E-state index < -0.39 is 54.9 Å². The maximum Gasteiger partial charge on any atom is 0.173 e. The van der Waals surface area contributed by atoms with Gasteiger partial charge in [0.15, 0.2) is 6.29 Å². The molecule has 0 aromatic carbocycles. The van der Waals surface area contributed by atoms with Crippen LogP contribution in [0.4, 0.5) is 0 Å². The fraction of sp³-hybridized carbons (Fsp3) is 1.00. The standard InChI is InChI=1S/C12H26N4O5/c13-3-8-7(17)2-6(16)12(20-8)21-11-5(15)1-4(14)9(18)10(11)19/h4-12,17-19H,1-3,13-16H2/t4-,5+,6-,7+,8-,9+,10+,11-,12-/m0/s1. The molecule has 1 saturated heterocycles. The van der Waals surface area contributed by atoms with Gasteiger partial charge in [0.1, 0.15) is 12.2 Å². The highest BCUT2D eigenvalue weighted by Gasteiger charge is 2.45. The lowest BCUT2D eigenvalue weighted by Crippen LogP contribution is -2.64. The van der Waals surface area contributed by atoms with Crippen molar-refractivity contribution in [2.24, 2.45) is 22.9 Å². The minimum atomic E-state index is -1.22. The topological polar surface area (TPSA) is 183 Å². The normalized spacial score (nSPS) is 51.9. The van der Waals surface area contributed by atoms with Gasteiger partial charge in [-0.25, -0.2) is 0 Å². The molecule has 1 aliphatic carbocycles. The van der Waals surface area contributed by atoms with Gasteiger partial charge in [-0.3, -0.25) is 0 Å². The number of ether oxygens (including phenoxy) is 2. The van der Waals surface area contributed by atoms with E-state index in [0.29, 0.717) is 6.42 Å². The molecule has 124 valence electrons. The molecule has 21 heavy (non-hydrogen) atoms. The van der Waals surface area contributed by atoms with Gasteiger partial charge in [-0.05, 0) is 12.8 Å². The van der Waals surface area contributed by atoms with Crippen molar-refractivity contribution >= 4 is 0 Å².